The van der Waals surface area contributed by atoms with Crippen LogP contribution in [-0.2, 0) is 16.6 Å². The smallest absolute Gasteiger partial charge is 0.341 e. The highest BCUT2D eigenvalue weighted by Crippen LogP contribution is 2.46. The van der Waals surface area contributed by atoms with Gasteiger partial charge in [0.2, 0.25) is 0 Å². The topological polar surface area (TPSA) is 61.3 Å². The molecular weight excluding hydrogens is 304 g/mol. The molecule has 0 N–H and O–H groups in total. The van der Waals surface area contributed by atoms with Crippen molar-refractivity contribution in [2.24, 2.45) is 0 Å². The Balaban J connectivity index is 1.79. The number of methoxy groups -OCH3 is 1. The number of rotatable bonds is 6. The maximum absolute atomic E-state index is 11.7. The molecule has 3 rings (SSSR count). The maximum atomic E-state index is 11.7. The molecule has 0 bridgehead atoms. The summed E-state index contributed by atoms with van der Waals surface area (Å²) in [7, 11) is 1.68. The van der Waals surface area contributed by atoms with Crippen LogP contribution >= 0.6 is 0 Å². The van der Waals surface area contributed by atoms with Crippen molar-refractivity contribution in [3.63, 3.8) is 0 Å². The Labute approximate surface area is 142 Å². The van der Waals surface area contributed by atoms with Gasteiger partial charge in [-0.15, -0.1) is 0 Å². The van der Waals surface area contributed by atoms with Crippen molar-refractivity contribution in [3.05, 3.63) is 53.6 Å². The molecule has 1 saturated carbocycles. The third-order valence-electron chi connectivity index (χ3n) is 4.71. The van der Waals surface area contributed by atoms with Crippen LogP contribution in [0, 0.1) is 0 Å². The van der Waals surface area contributed by atoms with Crippen molar-refractivity contribution in [1.82, 2.24) is 9.97 Å². The van der Waals surface area contributed by atoms with E-state index in [1.54, 1.807) is 26.4 Å². The second kappa shape index (κ2) is 6.99. The number of carbonyl (C=O) groups is 1. The molecule has 1 aliphatic carbocycles. The highest BCUT2D eigenvalue weighted by Gasteiger charge is 2.39. The summed E-state index contributed by atoms with van der Waals surface area (Å²) < 4.78 is 10.3. The monoisotopic (exact) mass is 326 g/mol. The van der Waals surface area contributed by atoms with Crippen LogP contribution in [-0.4, -0.2) is 29.7 Å². The van der Waals surface area contributed by atoms with Gasteiger partial charge in [-0.3, -0.25) is 0 Å². The van der Waals surface area contributed by atoms with Crippen LogP contribution in [0.25, 0.3) is 0 Å². The molecule has 0 unspecified atom stereocenters. The van der Waals surface area contributed by atoms with E-state index in [4.69, 9.17) is 9.47 Å². The summed E-state index contributed by atoms with van der Waals surface area (Å²) in [6.45, 7) is 2.13. The number of carbonyl (C=O) groups excluding carboxylic acids is 1. The number of hydrogen-bond acceptors (Lipinski definition) is 5. The molecule has 0 saturated heterocycles. The lowest BCUT2D eigenvalue weighted by atomic mass is 9.62. The van der Waals surface area contributed by atoms with Crippen molar-refractivity contribution in [2.45, 2.75) is 38.0 Å². The Morgan fingerprint density at radius 3 is 2.58 bits per heavy atom. The molecule has 1 aromatic carbocycles. The normalized spacial score (nSPS) is 15.4. The van der Waals surface area contributed by atoms with E-state index in [1.807, 2.05) is 12.1 Å². The number of aromatic nitrogens is 2. The van der Waals surface area contributed by atoms with Gasteiger partial charge in [0.1, 0.15) is 11.6 Å². The second-order valence-electron chi connectivity index (χ2n) is 6.15. The third kappa shape index (κ3) is 3.25. The molecule has 0 spiro atoms. The van der Waals surface area contributed by atoms with E-state index < -0.39 is 0 Å². The summed E-state index contributed by atoms with van der Waals surface area (Å²) in [5, 5.41) is 0. The molecule has 0 atom stereocenters. The van der Waals surface area contributed by atoms with E-state index in [2.05, 4.69) is 22.1 Å². The van der Waals surface area contributed by atoms with Crippen LogP contribution < -0.4 is 4.74 Å². The van der Waals surface area contributed by atoms with Gasteiger partial charge in [0.05, 0.1) is 19.3 Å². The molecule has 126 valence electrons. The summed E-state index contributed by atoms with van der Waals surface area (Å²) in [6.07, 6.45) is 7.31. The van der Waals surface area contributed by atoms with Crippen LogP contribution in [0.3, 0.4) is 0 Å². The summed E-state index contributed by atoms with van der Waals surface area (Å²) in [6, 6.07) is 8.24. The molecule has 5 heteroatoms. The maximum Gasteiger partial charge on any atom is 0.341 e. The van der Waals surface area contributed by atoms with E-state index in [-0.39, 0.29) is 11.4 Å². The molecule has 0 aliphatic heterocycles. The number of esters is 1. The summed E-state index contributed by atoms with van der Waals surface area (Å²) >= 11 is 0. The first kappa shape index (κ1) is 16.4. The zero-order valence-electron chi connectivity index (χ0n) is 14.1. The zero-order chi connectivity index (χ0) is 17.0. The standard InChI is InChI=1S/C19H22N2O3/c1-3-24-18(22)14-12-20-17(21-13-14)11-19(8-5-9-19)15-6-4-7-16(10-15)23-2/h4,6-7,10,12-13H,3,5,8-9,11H2,1-2H3. The van der Waals surface area contributed by atoms with Crippen LogP contribution in [0.15, 0.2) is 36.7 Å². The fourth-order valence-corrected chi connectivity index (χ4v) is 3.19. The zero-order valence-corrected chi connectivity index (χ0v) is 14.1. The fraction of sp³-hybridized carbons (Fsp3) is 0.421. The highest BCUT2D eigenvalue weighted by atomic mass is 16.5. The van der Waals surface area contributed by atoms with Gasteiger partial charge in [0.15, 0.2) is 0 Å². The minimum Gasteiger partial charge on any atom is -0.497 e. The molecule has 5 nitrogen and oxygen atoms in total. The van der Waals surface area contributed by atoms with E-state index >= 15 is 0 Å². The lowest BCUT2D eigenvalue weighted by molar-refractivity contribution is 0.0525. The Morgan fingerprint density at radius 2 is 2.00 bits per heavy atom. The molecular formula is C19H22N2O3. The molecule has 0 radical (unpaired) electrons. The Morgan fingerprint density at radius 1 is 1.25 bits per heavy atom. The third-order valence-corrected chi connectivity index (χ3v) is 4.71. The van der Waals surface area contributed by atoms with Gasteiger partial charge in [-0.25, -0.2) is 14.8 Å². The molecule has 1 heterocycles. The molecule has 1 aromatic heterocycles. The van der Waals surface area contributed by atoms with Gasteiger partial charge in [-0.2, -0.15) is 0 Å². The average Bonchev–Trinajstić information content (AvgIpc) is 2.59. The SMILES string of the molecule is CCOC(=O)c1cnc(CC2(c3cccc(OC)c3)CCC2)nc1. The number of ether oxygens (including phenoxy) is 2. The predicted octanol–water partition coefficient (Wildman–Crippen LogP) is 3.33. The first-order valence-electron chi connectivity index (χ1n) is 8.29. The lowest BCUT2D eigenvalue weighted by Gasteiger charge is -2.42. The van der Waals surface area contributed by atoms with Crippen molar-refractivity contribution >= 4 is 5.97 Å². The van der Waals surface area contributed by atoms with Gasteiger partial charge in [0.25, 0.3) is 0 Å². The average molecular weight is 326 g/mol. The van der Waals surface area contributed by atoms with Gasteiger partial charge >= 0.3 is 5.97 Å². The highest BCUT2D eigenvalue weighted by molar-refractivity contribution is 5.88. The Kier molecular flexibility index (Phi) is 4.79. The van der Waals surface area contributed by atoms with Crippen LogP contribution in [0.4, 0.5) is 0 Å². The first-order valence-corrected chi connectivity index (χ1v) is 8.29. The van der Waals surface area contributed by atoms with Crippen molar-refractivity contribution < 1.29 is 14.3 Å². The van der Waals surface area contributed by atoms with E-state index in [0.717, 1.165) is 30.8 Å². The molecule has 24 heavy (non-hydrogen) atoms. The van der Waals surface area contributed by atoms with Crippen molar-refractivity contribution in [3.8, 4) is 5.75 Å². The van der Waals surface area contributed by atoms with Crippen molar-refractivity contribution in [1.29, 1.82) is 0 Å². The molecule has 2 aromatic rings. The molecule has 1 aliphatic rings. The number of hydrogen-bond donors (Lipinski definition) is 0. The van der Waals surface area contributed by atoms with E-state index in [1.165, 1.54) is 12.0 Å². The lowest BCUT2D eigenvalue weighted by Crippen LogP contribution is -2.37. The molecule has 0 amide bonds. The quantitative estimate of drug-likeness (QED) is 0.762. The van der Waals surface area contributed by atoms with E-state index in [0.29, 0.717) is 12.2 Å². The Bertz CT molecular complexity index is 709. The fourth-order valence-electron chi connectivity index (χ4n) is 3.19. The number of nitrogens with zero attached hydrogens (tertiary/aromatic N) is 2. The van der Waals surface area contributed by atoms with Crippen molar-refractivity contribution in [2.75, 3.05) is 13.7 Å². The summed E-state index contributed by atoms with van der Waals surface area (Å²) in [5.41, 5.74) is 1.73. The first-order chi connectivity index (χ1) is 11.7. The predicted molar refractivity (Wildman–Crippen MR) is 90.2 cm³/mol. The van der Waals surface area contributed by atoms with E-state index in [9.17, 15) is 4.79 Å². The largest absolute Gasteiger partial charge is 0.497 e. The van der Waals surface area contributed by atoms with Gasteiger partial charge in [-0.05, 0) is 37.5 Å². The van der Waals surface area contributed by atoms with Gasteiger partial charge in [-0.1, -0.05) is 18.6 Å². The van der Waals surface area contributed by atoms with Gasteiger partial charge < -0.3 is 9.47 Å². The molecule has 1 fully saturated rings. The summed E-state index contributed by atoms with van der Waals surface area (Å²) in [5.74, 6) is 1.25. The van der Waals surface area contributed by atoms with Crippen LogP contribution in [0.2, 0.25) is 0 Å². The Hall–Kier alpha value is -2.43. The van der Waals surface area contributed by atoms with Crippen LogP contribution in [0.5, 0.6) is 5.75 Å². The number of benzene rings is 1. The van der Waals surface area contributed by atoms with Gasteiger partial charge in [0, 0.05) is 24.2 Å². The summed E-state index contributed by atoms with van der Waals surface area (Å²) in [4.78, 5) is 20.4. The second-order valence-corrected chi connectivity index (χ2v) is 6.15. The minimum atomic E-state index is -0.379. The van der Waals surface area contributed by atoms with Crippen LogP contribution in [0.1, 0.15) is 47.9 Å². The minimum absolute atomic E-state index is 0.0694.